The van der Waals surface area contributed by atoms with Gasteiger partial charge in [-0.1, -0.05) is 18.2 Å². The Bertz CT molecular complexity index is 608. The molecule has 0 aliphatic rings. The van der Waals surface area contributed by atoms with Gasteiger partial charge >= 0.3 is 5.97 Å². The second-order valence-corrected chi connectivity index (χ2v) is 3.92. The summed E-state index contributed by atoms with van der Waals surface area (Å²) < 4.78 is 18.6. The number of ether oxygens (including phenoxy) is 1. The topological polar surface area (TPSA) is 46.5 Å². The molecule has 0 spiro atoms. The van der Waals surface area contributed by atoms with Crippen LogP contribution in [0.1, 0.15) is 17.3 Å². The van der Waals surface area contributed by atoms with Crippen LogP contribution in [-0.4, -0.2) is 17.7 Å². The molecule has 0 amide bonds. The van der Waals surface area contributed by atoms with Gasteiger partial charge in [0.2, 0.25) is 0 Å². The van der Waals surface area contributed by atoms with Crippen molar-refractivity contribution >= 4 is 5.97 Å². The largest absolute Gasteiger partial charge is 0.493 e. The van der Waals surface area contributed by atoms with E-state index in [2.05, 4.69) is 0 Å². The number of carboxylic acid groups (broad SMARTS) is 1. The molecule has 0 saturated heterocycles. The van der Waals surface area contributed by atoms with Gasteiger partial charge in [-0.3, -0.25) is 0 Å². The zero-order valence-corrected chi connectivity index (χ0v) is 10.4. The molecule has 2 aromatic carbocycles. The average molecular weight is 260 g/mol. The lowest BCUT2D eigenvalue weighted by atomic mass is 9.99. The standard InChI is InChI=1S/C15H13FO3/c1-2-19-14-9-10(16)7-8-12(14)11-5-3-4-6-13(11)15(17)18/h3-9H,2H2,1H3,(H,17,18). The third-order valence-electron chi connectivity index (χ3n) is 2.69. The highest BCUT2D eigenvalue weighted by Crippen LogP contribution is 2.33. The number of hydrogen-bond donors (Lipinski definition) is 1. The third kappa shape index (κ3) is 2.73. The molecule has 0 fully saturated rings. The van der Waals surface area contributed by atoms with Crippen molar-refractivity contribution in [3.8, 4) is 16.9 Å². The van der Waals surface area contributed by atoms with Gasteiger partial charge in [0.05, 0.1) is 12.2 Å². The fourth-order valence-corrected chi connectivity index (χ4v) is 1.90. The summed E-state index contributed by atoms with van der Waals surface area (Å²) >= 11 is 0. The van der Waals surface area contributed by atoms with E-state index in [1.807, 2.05) is 0 Å². The van der Waals surface area contributed by atoms with Crippen molar-refractivity contribution in [1.29, 1.82) is 0 Å². The van der Waals surface area contributed by atoms with Gasteiger partial charge in [-0.15, -0.1) is 0 Å². The maximum absolute atomic E-state index is 13.2. The first kappa shape index (κ1) is 13.1. The van der Waals surface area contributed by atoms with Gasteiger partial charge in [0.1, 0.15) is 11.6 Å². The number of carboxylic acids is 1. The van der Waals surface area contributed by atoms with Crippen molar-refractivity contribution in [3.05, 3.63) is 53.8 Å². The minimum atomic E-state index is -1.03. The molecule has 0 saturated carbocycles. The molecule has 2 aromatic rings. The Kier molecular flexibility index (Phi) is 3.80. The van der Waals surface area contributed by atoms with E-state index in [-0.39, 0.29) is 5.56 Å². The van der Waals surface area contributed by atoms with E-state index >= 15 is 0 Å². The molecule has 1 N–H and O–H groups in total. The highest BCUT2D eigenvalue weighted by Gasteiger charge is 2.15. The number of carbonyl (C=O) groups is 1. The van der Waals surface area contributed by atoms with E-state index in [1.165, 1.54) is 24.3 Å². The first-order valence-electron chi connectivity index (χ1n) is 5.88. The Morgan fingerprint density at radius 1 is 1.21 bits per heavy atom. The van der Waals surface area contributed by atoms with E-state index in [9.17, 15) is 14.3 Å². The summed E-state index contributed by atoms with van der Waals surface area (Å²) in [5.41, 5.74) is 1.25. The van der Waals surface area contributed by atoms with E-state index in [0.717, 1.165) is 0 Å². The summed E-state index contributed by atoms with van der Waals surface area (Å²) in [6, 6.07) is 10.7. The predicted octanol–water partition coefficient (Wildman–Crippen LogP) is 3.59. The van der Waals surface area contributed by atoms with Crippen molar-refractivity contribution in [2.45, 2.75) is 6.92 Å². The monoisotopic (exact) mass is 260 g/mol. The van der Waals surface area contributed by atoms with Crippen LogP contribution in [0.15, 0.2) is 42.5 Å². The number of rotatable bonds is 4. The van der Waals surface area contributed by atoms with E-state index in [1.54, 1.807) is 25.1 Å². The SMILES string of the molecule is CCOc1cc(F)ccc1-c1ccccc1C(=O)O. The molecule has 2 rings (SSSR count). The van der Waals surface area contributed by atoms with Crippen LogP contribution in [0.25, 0.3) is 11.1 Å². The Balaban J connectivity index is 2.61. The molecule has 19 heavy (non-hydrogen) atoms. The fraction of sp³-hybridized carbons (Fsp3) is 0.133. The Labute approximate surface area is 110 Å². The van der Waals surface area contributed by atoms with Crippen molar-refractivity contribution in [1.82, 2.24) is 0 Å². The molecule has 0 aromatic heterocycles. The van der Waals surface area contributed by atoms with Gasteiger partial charge in [0.25, 0.3) is 0 Å². The molecule has 0 heterocycles. The van der Waals surface area contributed by atoms with E-state index < -0.39 is 11.8 Å². The van der Waals surface area contributed by atoms with Crippen LogP contribution in [0.3, 0.4) is 0 Å². The highest BCUT2D eigenvalue weighted by molar-refractivity contribution is 5.96. The van der Waals surface area contributed by atoms with Crippen molar-refractivity contribution in [3.63, 3.8) is 0 Å². The maximum Gasteiger partial charge on any atom is 0.336 e. The van der Waals surface area contributed by atoms with Gasteiger partial charge in [0, 0.05) is 11.6 Å². The molecule has 0 aliphatic carbocycles. The summed E-state index contributed by atoms with van der Waals surface area (Å²) in [5.74, 6) is -1.10. The second-order valence-electron chi connectivity index (χ2n) is 3.92. The summed E-state index contributed by atoms with van der Waals surface area (Å²) in [6.07, 6.45) is 0. The normalized spacial score (nSPS) is 10.2. The van der Waals surface area contributed by atoms with Crippen LogP contribution in [0, 0.1) is 5.82 Å². The van der Waals surface area contributed by atoms with Gasteiger partial charge in [-0.25, -0.2) is 9.18 Å². The maximum atomic E-state index is 13.2. The molecule has 0 radical (unpaired) electrons. The third-order valence-corrected chi connectivity index (χ3v) is 2.69. The number of benzene rings is 2. The first-order valence-corrected chi connectivity index (χ1v) is 5.88. The van der Waals surface area contributed by atoms with Crippen molar-refractivity contribution in [2.75, 3.05) is 6.61 Å². The molecule has 3 nitrogen and oxygen atoms in total. The van der Waals surface area contributed by atoms with Crippen LogP contribution in [0.2, 0.25) is 0 Å². The molecular formula is C15H13FO3. The smallest absolute Gasteiger partial charge is 0.336 e. The van der Waals surface area contributed by atoms with Gasteiger partial charge in [-0.2, -0.15) is 0 Å². The molecule has 0 aliphatic heterocycles. The predicted molar refractivity (Wildman–Crippen MR) is 70.0 cm³/mol. The van der Waals surface area contributed by atoms with Gasteiger partial charge in [-0.05, 0) is 30.7 Å². The molecule has 0 bridgehead atoms. The molecule has 98 valence electrons. The minimum absolute atomic E-state index is 0.162. The highest BCUT2D eigenvalue weighted by atomic mass is 19.1. The number of hydrogen-bond acceptors (Lipinski definition) is 2. The van der Waals surface area contributed by atoms with Crippen molar-refractivity contribution < 1.29 is 19.0 Å². The second kappa shape index (κ2) is 5.52. The first-order chi connectivity index (χ1) is 9.13. The Morgan fingerprint density at radius 3 is 2.63 bits per heavy atom. The lowest BCUT2D eigenvalue weighted by Gasteiger charge is -2.12. The van der Waals surface area contributed by atoms with Crippen LogP contribution >= 0.6 is 0 Å². The van der Waals surface area contributed by atoms with E-state index in [0.29, 0.717) is 23.5 Å². The quantitative estimate of drug-likeness (QED) is 0.913. The molecule has 0 atom stereocenters. The lowest BCUT2D eigenvalue weighted by Crippen LogP contribution is -2.01. The lowest BCUT2D eigenvalue weighted by molar-refractivity contribution is 0.0697. The Hall–Kier alpha value is -2.36. The zero-order valence-electron chi connectivity index (χ0n) is 10.4. The van der Waals surface area contributed by atoms with Gasteiger partial charge in [0.15, 0.2) is 0 Å². The van der Waals surface area contributed by atoms with Crippen molar-refractivity contribution in [2.24, 2.45) is 0 Å². The van der Waals surface area contributed by atoms with Crippen LogP contribution in [0.4, 0.5) is 4.39 Å². The number of aromatic carboxylic acids is 1. The molecule has 4 heteroatoms. The van der Waals surface area contributed by atoms with Crippen LogP contribution in [-0.2, 0) is 0 Å². The summed E-state index contributed by atoms with van der Waals surface area (Å²) in [6.45, 7) is 2.17. The summed E-state index contributed by atoms with van der Waals surface area (Å²) in [5, 5.41) is 9.19. The van der Waals surface area contributed by atoms with Crippen LogP contribution in [0.5, 0.6) is 5.75 Å². The average Bonchev–Trinajstić information content (AvgIpc) is 2.39. The summed E-state index contributed by atoms with van der Waals surface area (Å²) in [4.78, 5) is 11.2. The minimum Gasteiger partial charge on any atom is -0.493 e. The molecular weight excluding hydrogens is 247 g/mol. The summed E-state index contributed by atoms with van der Waals surface area (Å²) in [7, 11) is 0. The van der Waals surface area contributed by atoms with E-state index in [4.69, 9.17) is 4.74 Å². The van der Waals surface area contributed by atoms with Crippen LogP contribution < -0.4 is 4.74 Å². The Morgan fingerprint density at radius 2 is 1.95 bits per heavy atom. The number of halogens is 1. The fourth-order valence-electron chi connectivity index (χ4n) is 1.90. The molecule has 0 unspecified atom stereocenters. The van der Waals surface area contributed by atoms with Gasteiger partial charge < -0.3 is 9.84 Å². The zero-order chi connectivity index (χ0) is 13.8.